The largest absolute Gasteiger partial charge is 0.368 e. The van der Waals surface area contributed by atoms with Crippen molar-refractivity contribution >= 4 is 51.7 Å². The Morgan fingerprint density at radius 3 is 2.75 bits per heavy atom. The van der Waals surface area contributed by atoms with Crippen LogP contribution < -0.4 is 11.1 Å². The Kier molecular flexibility index (Phi) is 6.87. The summed E-state index contributed by atoms with van der Waals surface area (Å²) in [4.78, 5) is 12.8. The van der Waals surface area contributed by atoms with Crippen molar-refractivity contribution in [1.29, 1.82) is 0 Å². The van der Waals surface area contributed by atoms with Gasteiger partial charge in [-0.3, -0.25) is 14.7 Å². The summed E-state index contributed by atoms with van der Waals surface area (Å²) in [6.07, 6.45) is 1.29. The zero-order valence-corrected chi connectivity index (χ0v) is 17.8. The molecule has 0 spiro atoms. The quantitative estimate of drug-likeness (QED) is 0.515. The standard InChI is InChI=1S/C17H20ClN7OS2/c1-3-12(14(26)20-16-23-21-13(4-2)28-16)25-15(19)22-24-17(25)27-9-10-7-5-6-8-11(10)18/h5-8,12H,3-4,9H2,1-2H3,(H2,19,22)(H,20,23,26). The molecule has 11 heteroatoms. The number of halogens is 1. The molecule has 0 saturated carbocycles. The van der Waals surface area contributed by atoms with E-state index in [1.165, 1.54) is 23.1 Å². The van der Waals surface area contributed by atoms with E-state index in [1.54, 1.807) is 4.57 Å². The predicted molar refractivity (Wildman–Crippen MR) is 113 cm³/mol. The monoisotopic (exact) mass is 437 g/mol. The third-order valence-electron chi connectivity index (χ3n) is 4.01. The molecule has 0 fully saturated rings. The third kappa shape index (κ3) is 4.62. The maximum atomic E-state index is 12.8. The van der Waals surface area contributed by atoms with Gasteiger partial charge in [-0.1, -0.05) is 66.7 Å². The third-order valence-corrected chi connectivity index (χ3v) is 6.35. The highest BCUT2D eigenvalue weighted by atomic mass is 35.5. The molecule has 1 aromatic carbocycles. The lowest BCUT2D eigenvalue weighted by Gasteiger charge is -2.18. The van der Waals surface area contributed by atoms with Gasteiger partial charge in [-0.05, 0) is 24.5 Å². The highest BCUT2D eigenvalue weighted by molar-refractivity contribution is 7.98. The zero-order chi connectivity index (χ0) is 20.1. The Hall–Kier alpha value is -2.17. The van der Waals surface area contributed by atoms with Crippen LogP contribution in [0.1, 0.15) is 36.9 Å². The molecular weight excluding hydrogens is 418 g/mol. The van der Waals surface area contributed by atoms with Crippen molar-refractivity contribution in [2.75, 3.05) is 11.1 Å². The highest BCUT2D eigenvalue weighted by Crippen LogP contribution is 2.30. The number of nitrogen functional groups attached to an aromatic ring is 1. The van der Waals surface area contributed by atoms with E-state index in [0.29, 0.717) is 27.5 Å². The van der Waals surface area contributed by atoms with Crippen LogP contribution in [0.4, 0.5) is 11.1 Å². The Morgan fingerprint density at radius 1 is 1.29 bits per heavy atom. The number of nitrogens with one attached hydrogen (secondary N) is 1. The van der Waals surface area contributed by atoms with Crippen molar-refractivity contribution in [2.45, 2.75) is 43.6 Å². The van der Waals surface area contributed by atoms with E-state index in [-0.39, 0.29) is 11.9 Å². The molecule has 1 amide bonds. The second-order valence-electron chi connectivity index (χ2n) is 5.86. The van der Waals surface area contributed by atoms with Crippen molar-refractivity contribution in [1.82, 2.24) is 25.0 Å². The molecule has 3 aromatic rings. The lowest BCUT2D eigenvalue weighted by molar-refractivity contribution is -0.119. The molecular formula is C17H20ClN7OS2. The van der Waals surface area contributed by atoms with E-state index in [4.69, 9.17) is 17.3 Å². The number of aryl methyl sites for hydroxylation is 1. The minimum Gasteiger partial charge on any atom is -0.368 e. The fourth-order valence-corrected chi connectivity index (χ4v) is 4.52. The van der Waals surface area contributed by atoms with Gasteiger partial charge >= 0.3 is 0 Å². The number of nitrogens with zero attached hydrogens (tertiary/aromatic N) is 5. The summed E-state index contributed by atoms with van der Waals surface area (Å²) in [6, 6.07) is 7.04. The van der Waals surface area contributed by atoms with E-state index in [9.17, 15) is 4.79 Å². The lowest BCUT2D eigenvalue weighted by atomic mass is 10.2. The molecule has 0 saturated heterocycles. The normalized spacial score (nSPS) is 12.1. The van der Waals surface area contributed by atoms with E-state index in [1.807, 2.05) is 38.1 Å². The topological polar surface area (TPSA) is 112 Å². The molecule has 2 aromatic heterocycles. The van der Waals surface area contributed by atoms with Gasteiger partial charge in [-0.2, -0.15) is 0 Å². The molecule has 0 aliphatic heterocycles. The van der Waals surface area contributed by atoms with E-state index >= 15 is 0 Å². The molecule has 1 atom stereocenters. The first-order valence-corrected chi connectivity index (χ1v) is 10.9. The number of aromatic nitrogens is 5. The van der Waals surface area contributed by atoms with Gasteiger partial charge in [0.25, 0.3) is 0 Å². The number of benzene rings is 1. The molecule has 28 heavy (non-hydrogen) atoms. The Morgan fingerprint density at radius 2 is 2.07 bits per heavy atom. The zero-order valence-electron chi connectivity index (χ0n) is 15.4. The number of amides is 1. The summed E-state index contributed by atoms with van der Waals surface area (Å²) >= 11 is 9.01. The molecule has 2 heterocycles. The molecule has 0 aliphatic rings. The van der Waals surface area contributed by atoms with Crippen LogP contribution in [0.15, 0.2) is 29.4 Å². The van der Waals surface area contributed by atoms with Crippen LogP contribution in [0.2, 0.25) is 5.02 Å². The van der Waals surface area contributed by atoms with Crippen LogP contribution in [-0.2, 0) is 17.0 Å². The van der Waals surface area contributed by atoms with Crippen molar-refractivity contribution in [3.63, 3.8) is 0 Å². The highest BCUT2D eigenvalue weighted by Gasteiger charge is 2.26. The van der Waals surface area contributed by atoms with Crippen LogP contribution in [0.25, 0.3) is 0 Å². The molecule has 0 radical (unpaired) electrons. The van der Waals surface area contributed by atoms with Crippen molar-refractivity contribution < 1.29 is 4.79 Å². The fourth-order valence-electron chi connectivity index (χ4n) is 2.56. The number of hydrogen-bond acceptors (Lipinski definition) is 8. The second-order valence-corrected chi connectivity index (χ2v) is 8.27. The molecule has 1 unspecified atom stereocenters. The Bertz CT molecular complexity index is 959. The average Bonchev–Trinajstić information content (AvgIpc) is 3.29. The first-order chi connectivity index (χ1) is 13.5. The average molecular weight is 438 g/mol. The van der Waals surface area contributed by atoms with Gasteiger partial charge in [0.1, 0.15) is 11.0 Å². The molecule has 0 bridgehead atoms. The number of rotatable bonds is 8. The molecule has 148 valence electrons. The molecule has 3 rings (SSSR count). The Labute approximate surface area is 175 Å². The van der Waals surface area contributed by atoms with E-state index in [2.05, 4.69) is 25.7 Å². The van der Waals surface area contributed by atoms with Crippen LogP contribution in [0.3, 0.4) is 0 Å². The molecule has 8 nitrogen and oxygen atoms in total. The number of anilines is 2. The summed E-state index contributed by atoms with van der Waals surface area (Å²) in [5.41, 5.74) is 6.99. The SMILES string of the molecule is CCc1nnc(NC(=O)C(CC)n2c(N)nnc2SCc2ccccc2Cl)s1. The number of carbonyl (C=O) groups excluding carboxylic acids is 1. The van der Waals surface area contributed by atoms with Gasteiger partial charge in [0.15, 0.2) is 5.16 Å². The van der Waals surface area contributed by atoms with Crippen molar-refractivity contribution in [2.24, 2.45) is 0 Å². The van der Waals surface area contributed by atoms with Gasteiger partial charge in [-0.25, -0.2) is 0 Å². The summed E-state index contributed by atoms with van der Waals surface area (Å²) in [5, 5.41) is 21.5. The number of nitrogens with two attached hydrogens (primary N) is 1. The Balaban J connectivity index is 1.77. The summed E-state index contributed by atoms with van der Waals surface area (Å²) < 4.78 is 1.65. The lowest BCUT2D eigenvalue weighted by Crippen LogP contribution is -2.27. The maximum Gasteiger partial charge on any atom is 0.249 e. The van der Waals surface area contributed by atoms with Crippen LogP contribution >= 0.6 is 34.7 Å². The fraction of sp³-hybridized carbons (Fsp3) is 0.353. The predicted octanol–water partition coefficient (Wildman–Crippen LogP) is 3.81. The van der Waals surface area contributed by atoms with Crippen molar-refractivity contribution in [3.05, 3.63) is 39.9 Å². The summed E-state index contributed by atoms with van der Waals surface area (Å²) in [5.74, 6) is 0.550. The van der Waals surface area contributed by atoms with Gasteiger partial charge in [-0.15, -0.1) is 20.4 Å². The van der Waals surface area contributed by atoms with Crippen LogP contribution in [0.5, 0.6) is 0 Å². The minimum absolute atomic E-state index is 0.190. The molecule has 3 N–H and O–H groups in total. The van der Waals surface area contributed by atoms with Crippen molar-refractivity contribution in [3.8, 4) is 0 Å². The number of thioether (sulfide) groups is 1. The van der Waals surface area contributed by atoms with Crippen LogP contribution in [0, 0.1) is 0 Å². The van der Waals surface area contributed by atoms with Gasteiger partial charge in [0.2, 0.25) is 17.0 Å². The minimum atomic E-state index is -0.558. The van der Waals surface area contributed by atoms with Gasteiger partial charge < -0.3 is 5.73 Å². The first-order valence-electron chi connectivity index (χ1n) is 8.73. The maximum absolute atomic E-state index is 12.8. The van der Waals surface area contributed by atoms with Gasteiger partial charge in [0.05, 0.1) is 0 Å². The number of carbonyl (C=O) groups is 1. The van der Waals surface area contributed by atoms with E-state index < -0.39 is 6.04 Å². The van der Waals surface area contributed by atoms with Gasteiger partial charge in [0, 0.05) is 10.8 Å². The summed E-state index contributed by atoms with van der Waals surface area (Å²) in [7, 11) is 0. The summed E-state index contributed by atoms with van der Waals surface area (Å²) in [6.45, 7) is 3.89. The smallest absolute Gasteiger partial charge is 0.249 e. The first kappa shape index (κ1) is 20.6. The second kappa shape index (κ2) is 9.35. The number of hydrogen-bond donors (Lipinski definition) is 2. The van der Waals surface area contributed by atoms with Crippen LogP contribution in [-0.4, -0.2) is 30.9 Å². The molecule has 0 aliphatic carbocycles. The van der Waals surface area contributed by atoms with E-state index in [0.717, 1.165) is 17.0 Å².